The first kappa shape index (κ1) is 21.7. The lowest BCUT2D eigenvalue weighted by Gasteiger charge is -2.34. The number of esters is 1. The van der Waals surface area contributed by atoms with Crippen molar-refractivity contribution in [3.05, 3.63) is 72.1 Å². The van der Waals surface area contributed by atoms with Gasteiger partial charge in [0.25, 0.3) is 5.91 Å². The van der Waals surface area contributed by atoms with Crippen molar-refractivity contribution in [3.8, 4) is 11.1 Å². The van der Waals surface area contributed by atoms with Crippen LogP contribution in [0.2, 0.25) is 0 Å². The third-order valence-electron chi connectivity index (χ3n) is 5.60. The van der Waals surface area contributed by atoms with E-state index in [2.05, 4.69) is 39.9 Å². The third-order valence-corrected chi connectivity index (χ3v) is 5.60. The quantitative estimate of drug-likeness (QED) is 0.575. The van der Waals surface area contributed by atoms with E-state index in [0.717, 1.165) is 16.7 Å². The van der Waals surface area contributed by atoms with Crippen LogP contribution in [-0.2, 0) is 27.7 Å². The highest BCUT2D eigenvalue weighted by atomic mass is 16.7. The van der Waals surface area contributed by atoms with Gasteiger partial charge in [-0.25, -0.2) is 0 Å². The van der Waals surface area contributed by atoms with E-state index in [1.807, 2.05) is 30.3 Å². The van der Waals surface area contributed by atoms with Crippen LogP contribution in [0.5, 0.6) is 0 Å². The second-order valence-corrected chi connectivity index (χ2v) is 8.38. The van der Waals surface area contributed by atoms with Crippen molar-refractivity contribution in [3.63, 3.8) is 0 Å². The van der Waals surface area contributed by atoms with E-state index in [1.54, 1.807) is 20.2 Å². The summed E-state index contributed by atoms with van der Waals surface area (Å²) in [5, 5.41) is 10.7. The van der Waals surface area contributed by atoms with Crippen LogP contribution in [0.3, 0.4) is 0 Å². The fourth-order valence-electron chi connectivity index (χ4n) is 3.91. The SMILES string of the molecule is Cn1cc(C(=O)N[C@H](Cc2ccc(-c3ccccc3)cc2)C[C@@]2(C)COCOC2=O)nn1. The summed E-state index contributed by atoms with van der Waals surface area (Å²) in [6, 6.07) is 18.0. The van der Waals surface area contributed by atoms with Crippen LogP contribution in [0.4, 0.5) is 0 Å². The molecule has 1 N–H and O–H groups in total. The molecule has 2 aromatic carbocycles. The van der Waals surface area contributed by atoms with Gasteiger partial charge in [0.05, 0.1) is 18.2 Å². The van der Waals surface area contributed by atoms with E-state index < -0.39 is 5.41 Å². The Balaban J connectivity index is 1.52. The first-order valence-corrected chi connectivity index (χ1v) is 10.5. The zero-order chi connectivity index (χ0) is 22.6. The van der Waals surface area contributed by atoms with E-state index in [4.69, 9.17) is 9.47 Å². The van der Waals surface area contributed by atoms with E-state index in [0.29, 0.717) is 12.8 Å². The molecule has 4 rings (SSSR count). The van der Waals surface area contributed by atoms with Crippen LogP contribution >= 0.6 is 0 Å². The van der Waals surface area contributed by atoms with Crippen LogP contribution in [-0.4, -0.2) is 46.3 Å². The van der Waals surface area contributed by atoms with Crippen LogP contribution in [0.25, 0.3) is 11.1 Å². The molecule has 166 valence electrons. The number of carbonyl (C=O) groups excluding carboxylic acids is 2. The lowest BCUT2D eigenvalue weighted by molar-refractivity contribution is -0.193. The molecule has 8 nitrogen and oxygen atoms in total. The van der Waals surface area contributed by atoms with Crippen molar-refractivity contribution in [1.29, 1.82) is 0 Å². The molecule has 2 atom stereocenters. The zero-order valence-corrected chi connectivity index (χ0v) is 18.2. The Morgan fingerprint density at radius 1 is 1.16 bits per heavy atom. The molecule has 1 aliphatic rings. The molecule has 1 amide bonds. The highest BCUT2D eigenvalue weighted by Crippen LogP contribution is 2.30. The fourth-order valence-corrected chi connectivity index (χ4v) is 3.91. The predicted molar refractivity (Wildman–Crippen MR) is 117 cm³/mol. The highest BCUT2D eigenvalue weighted by molar-refractivity contribution is 5.92. The van der Waals surface area contributed by atoms with Crippen molar-refractivity contribution < 1.29 is 19.1 Å². The number of amides is 1. The van der Waals surface area contributed by atoms with Gasteiger partial charge >= 0.3 is 5.97 Å². The summed E-state index contributed by atoms with van der Waals surface area (Å²) >= 11 is 0. The molecule has 3 aromatic rings. The van der Waals surface area contributed by atoms with Gasteiger partial charge in [0.2, 0.25) is 0 Å². The Labute approximate surface area is 186 Å². The number of nitrogens with one attached hydrogen (secondary N) is 1. The molecule has 0 unspecified atom stereocenters. The van der Waals surface area contributed by atoms with Gasteiger partial charge in [-0.1, -0.05) is 59.8 Å². The molecular weight excluding hydrogens is 408 g/mol. The number of nitrogens with zero attached hydrogens (tertiary/aromatic N) is 3. The van der Waals surface area contributed by atoms with E-state index in [1.165, 1.54) is 4.68 Å². The number of ether oxygens (including phenoxy) is 2. The van der Waals surface area contributed by atoms with Gasteiger partial charge in [0.1, 0.15) is 0 Å². The van der Waals surface area contributed by atoms with Crippen molar-refractivity contribution >= 4 is 11.9 Å². The summed E-state index contributed by atoms with van der Waals surface area (Å²) in [5.74, 6) is -0.653. The molecule has 1 aromatic heterocycles. The Morgan fingerprint density at radius 3 is 2.53 bits per heavy atom. The standard InChI is InChI=1S/C24H26N4O4/c1-24(15-31-16-32-23(24)30)13-20(25-22(29)21-14-28(2)27-26-21)12-17-8-10-19(11-9-17)18-6-4-3-5-7-18/h3-11,14,20H,12-13,15-16H2,1-2H3,(H,25,29)/t20-,24+/m1/s1. The molecule has 0 aliphatic carbocycles. The second-order valence-electron chi connectivity index (χ2n) is 8.38. The van der Waals surface area contributed by atoms with Crippen LogP contribution in [0.15, 0.2) is 60.8 Å². The average Bonchev–Trinajstić information content (AvgIpc) is 3.23. The second kappa shape index (κ2) is 9.32. The van der Waals surface area contributed by atoms with E-state index in [-0.39, 0.29) is 37.0 Å². The molecule has 2 heterocycles. The Hall–Kier alpha value is -3.52. The molecule has 0 radical (unpaired) electrons. The monoisotopic (exact) mass is 434 g/mol. The number of aromatic nitrogens is 3. The number of carbonyl (C=O) groups is 2. The van der Waals surface area contributed by atoms with Crippen LogP contribution in [0.1, 0.15) is 29.4 Å². The van der Waals surface area contributed by atoms with Crippen LogP contribution < -0.4 is 5.32 Å². The number of rotatable bonds is 7. The van der Waals surface area contributed by atoms with Gasteiger partial charge < -0.3 is 14.8 Å². The van der Waals surface area contributed by atoms with E-state index >= 15 is 0 Å². The van der Waals surface area contributed by atoms with E-state index in [9.17, 15) is 9.59 Å². The number of hydrogen-bond acceptors (Lipinski definition) is 6. The van der Waals surface area contributed by atoms with Crippen molar-refractivity contribution in [1.82, 2.24) is 20.3 Å². The Bertz CT molecular complexity index is 1080. The fraction of sp³-hybridized carbons (Fsp3) is 0.333. The number of aryl methyl sites for hydroxylation is 1. The van der Waals surface area contributed by atoms with Crippen molar-refractivity contribution in [2.45, 2.75) is 25.8 Å². The molecular formula is C24H26N4O4. The topological polar surface area (TPSA) is 95.3 Å². The van der Waals surface area contributed by atoms with Gasteiger partial charge in [-0.05, 0) is 36.5 Å². The summed E-state index contributed by atoms with van der Waals surface area (Å²) in [5.41, 5.74) is 2.68. The summed E-state index contributed by atoms with van der Waals surface area (Å²) in [6.45, 7) is 2.01. The van der Waals surface area contributed by atoms with Crippen molar-refractivity contribution in [2.24, 2.45) is 12.5 Å². The van der Waals surface area contributed by atoms with Crippen molar-refractivity contribution in [2.75, 3.05) is 13.4 Å². The first-order chi connectivity index (χ1) is 15.4. The molecule has 0 spiro atoms. The van der Waals surface area contributed by atoms with Gasteiger partial charge in [0, 0.05) is 13.1 Å². The van der Waals surface area contributed by atoms with Gasteiger partial charge in [-0.15, -0.1) is 5.10 Å². The lowest BCUT2D eigenvalue weighted by atomic mass is 9.82. The summed E-state index contributed by atoms with van der Waals surface area (Å²) in [6.07, 6.45) is 2.48. The minimum Gasteiger partial charge on any atom is -0.438 e. The average molecular weight is 434 g/mol. The number of cyclic esters (lactones) is 1. The van der Waals surface area contributed by atoms with Gasteiger partial charge in [-0.3, -0.25) is 14.3 Å². The third kappa shape index (κ3) is 5.03. The minimum absolute atomic E-state index is 0.0357. The largest absolute Gasteiger partial charge is 0.438 e. The summed E-state index contributed by atoms with van der Waals surface area (Å²) in [4.78, 5) is 25.2. The van der Waals surface area contributed by atoms with Crippen LogP contribution in [0, 0.1) is 5.41 Å². The van der Waals surface area contributed by atoms with Gasteiger partial charge in [0.15, 0.2) is 12.5 Å². The summed E-state index contributed by atoms with van der Waals surface area (Å²) < 4.78 is 12.0. The normalized spacial score (nSPS) is 19.2. The zero-order valence-electron chi connectivity index (χ0n) is 18.2. The molecule has 1 fully saturated rings. The summed E-state index contributed by atoms with van der Waals surface area (Å²) in [7, 11) is 1.70. The minimum atomic E-state index is -0.845. The number of hydrogen-bond donors (Lipinski definition) is 1. The Kier molecular flexibility index (Phi) is 6.32. The Morgan fingerprint density at radius 2 is 1.88 bits per heavy atom. The maximum absolute atomic E-state index is 12.8. The smallest absolute Gasteiger partial charge is 0.316 e. The molecule has 0 saturated carbocycles. The first-order valence-electron chi connectivity index (χ1n) is 10.5. The van der Waals surface area contributed by atoms with Gasteiger partial charge in [-0.2, -0.15) is 0 Å². The molecule has 0 bridgehead atoms. The molecule has 32 heavy (non-hydrogen) atoms. The molecule has 8 heteroatoms. The maximum Gasteiger partial charge on any atom is 0.316 e. The molecule has 1 saturated heterocycles. The number of benzene rings is 2. The maximum atomic E-state index is 12.8. The molecule has 1 aliphatic heterocycles. The highest BCUT2D eigenvalue weighted by Gasteiger charge is 2.41. The lowest BCUT2D eigenvalue weighted by Crippen LogP contribution is -2.47. The predicted octanol–water partition coefficient (Wildman–Crippen LogP) is 2.75.